The molecule has 0 aliphatic rings. The van der Waals surface area contributed by atoms with Crippen molar-refractivity contribution < 1.29 is 44.4 Å². The van der Waals surface area contributed by atoms with Crippen LogP contribution in [0.5, 0.6) is 5.75 Å². The highest BCUT2D eigenvalue weighted by atomic mass is 16.4. The summed E-state index contributed by atoms with van der Waals surface area (Å²) < 4.78 is 0. The Morgan fingerprint density at radius 3 is 1.88 bits per heavy atom. The molecule has 1 rings (SSSR count). The van der Waals surface area contributed by atoms with Gasteiger partial charge in [-0.2, -0.15) is 0 Å². The van der Waals surface area contributed by atoms with Crippen LogP contribution in [0.3, 0.4) is 0 Å². The zero-order chi connectivity index (χ0) is 26.0. The number of nitrogens with one attached hydrogen (secondary N) is 3. The summed E-state index contributed by atoms with van der Waals surface area (Å²) in [4.78, 5) is 60.2. The Bertz CT molecular complexity index is 891. The van der Waals surface area contributed by atoms with Crippen LogP contribution in [0.25, 0.3) is 0 Å². The number of benzene rings is 1. The molecule has 0 saturated carbocycles. The van der Waals surface area contributed by atoms with Crippen molar-refractivity contribution in [1.82, 2.24) is 16.0 Å². The van der Waals surface area contributed by atoms with Gasteiger partial charge in [0.1, 0.15) is 29.9 Å². The summed E-state index contributed by atoms with van der Waals surface area (Å²) in [5.74, 6) is -5.52. The van der Waals surface area contributed by atoms with E-state index in [0.717, 1.165) is 0 Å². The van der Waals surface area contributed by atoms with Gasteiger partial charge in [0.25, 0.3) is 0 Å². The molecule has 188 valence electrons. The average molecular weight is 483 g/mol. The van der Waals surface area contributed by atoms with Crippen LogP contribution in [-0.2, 0) is 30.4 Å². The largest absolute Gasteiger partial charge is 0.508 e. The van der Waals surface area contributed by atoms with Gasteiger partial charge in [-0.25, -0.2) is 4.79 Å². The fourth-order valence-electron chi connectivity index (χ4n) is 2.70. The highest BCUT2D eigenvalue weighted by molar-refractivity contribution is 5.96. The Hall–Kier alpha value is -3.75. The first-order valence-corrected chi connectivity index (χ1v) is 10.1. The molecular weight excluding hydrogens is 454 g/mol. The summed E-state index contributed by atoms with van der Waals surface area (Å²) in [6, 6.07) is -0.403. The van der Waals surface area contributed by atoms with Crippen molar-refractivity contribution >= 4 is 29.6 Å². The lowest BCUT2D eigenvalue weighted by Crippen LogP contribution is -2.59. The molecule has 1 aromatic rings. The van der Waals surface area contributed by atoms with Crippen molar-refractivity contribution in [3.8, 4) is 5.75 Å². The molecule has 0 saturated heterocycles. The maximum atomic E-state index is 13.0. The van der Waals surface area contributed by atoms with Gasteiger partial charge in [0.2, 0.25) is 23.6 Å². The second kappa shape index (κ2) is 13.1. The first kappa shape index (κ1) is 28.3. The van der Waals surface area contributed by atoms with Crippen LogP contribution in [0.15, 0.2) is 24.3 Å². The zero-order valence-corrected chi connectivity index (χ0v) is 18.3. The highest BCUT2D eigenvalue weighted by Crippen LogP contribution is 2.12. The van der Waals surface area contributed by atoms with E-state index in [4.69, 9.17) is 21.7 Å². The number of rotatable bonds is 13. The molecule has 0 aliphatic heterocycles. The van der Waals surface area contributed by atoms with Gasteiger partial charge in [-0.1, -0.05) is 12.1 Å². The minimum Gasteiger partial charge on any atom is -0.508 e. The molecule has 0 aliphatic carbocycles. The number of phenols is 1. The third-order valence-electron chi connectivity index (χ3n) is 4.67. The number of carbonyl (C=O) groups excluding carboxylic acids is 4. The van der Waals surface area contributed by atoms with Crippen molar-refractivity contribution in [2.24, 2.45) is 11.5 Å². The van der Waals surface area contributed by atoms with Gasteiger partial charge in [-0.3, -0.25) is 19.2 Å². The van der Waals surface area contributed by atoms with Crippen LogP contribution < -0.4 is 27.4 Å². The van der Waals surface area contributed by atoms with Gasteiger partial charge < -0.3 is 47.8 Å². The van der Waals surface area contributed by atoms with Gasteiger partial charge in [0.05, 0.1) is 19.1 Å². The smallest absolute Gasteiger partial charge is 0.328 e. The SMILES string of the molecule is CC(O)C(N)C(=O)NC(Cc1ccc(O)cc1)C(=O)NC(CC(N)=O)C(=O)NC(CO)C(=O)O. The molecule has 4 amide bonds. The molecule has 5 atom stereocenters. The number of carbonyl (C=O) groups is 5. The second-order valence-electron chi connectivity index (χ2n) is 7.51. The molecule has 0 radical (unpaired) electrons. The lowest BCUT2D eigenvalue weighted by Gasteiger charge is -2.25. The number of aliphatic carboxylic acids is 1. The van der Waals surface area contributed by atoms with E-state index >= 15 is 0 Å². The molecule has 0 heterocycles. The Labute approximate surface area is 194 Å². The van der Waals surface area contributed by atoms with E-state index in [2.05, 4.69) is 10.6 Å². The van der Waals surface area contributed by atoms with Crippen LogP contribution in [-0.4, -0.2) is 86.9 Å². The standard InChI is InChI=1S/C20H29N5O9/c1-9(27)16(22)19(32)24-12(6-10-2-4-11(28)5-3-10)17(30)23-13(7-15(21)29)18(31)25-14(8-26)20(33)34/h2-5,9,12-14,16,26-28H,6-8,22H2,1H3,(H2,21,29)(H,23,30)(H,24,32)(H,25,31)(H,33,34). The summed E-state index contributed by atoms with van der Waals surface area (Å²) in [5, 5.41) is 43.6. The molecule has 11 N–H and O–H groups in total. The number of phenolic OH excluding ortho intramolecular Hbond substituents is 1. The van der Waals surface area contributed by atoms with Crippen LogP contribution in [0.1, 0.15) is 18.9 Å². The van der Waals surface area contributed by atoms with Crippen molar-refractivity contribution in [2.45, 2.75) is 50.0 Å². The number of aromatic hydroxyl groups is 1. The van der Waals surface area contributed by atoms with E-state index in [1.54, 1.807) is 0 Å². The molecule has 0 fully saturated rings. The quantitative estimate of drug-likeness (QED) is 0.131. The van der Waals surface area contributed by atoms with E-state index in [1.807, 2.05) is 5.32 Å². The molecule has 0 aromatic heterocycles. The molecule has 14 nitrogen and oxygen atoms in total. The number of aliphatic hydroxyl groups excluding tert-OH is 2. The minimum atomic E-state index is -1.70. The number of hydrogen-bond acceptors (Lipinski definition) is 9. The molecule has 14 heteroatoms. The van der Waals surface area contributed by atoms with Gasteiger partial charge >= 0.3 is 5.97 Å². The van der Waals surface area contributed by atoms with E-state index in [0.29, 0.717) is 5.56 Å². The second-order valence-corrected chi connectivity index (χ2v) is 7.51. The number of carboxylic acid groups (broad SMARTS) is 1. The number of amides is 4. The lowest BCUT2D eigenvalue weighted by molar-refractivity contribution is -0.143. The predicted molar refractivity (Wildman–Crippen MR) is 116 cm³/mol. The van der Waals surface area contributed by atoms with Crippen molar-refractivity contribution in [1.29, 1.82) is 0 Å². The summed E-state index contributed by atoms with van der Waals surface area (Å²) in [6.07, 6.45) is -2.08. The third kappa shape index (κ3) is 9.01. The van der Waals surface area contributed by atoms with Crippen LogP contribution in [0.4, 0.5) is 0 Å². The highest BCUT2D eigenvalue weighted by Gasteiger charge is 2.31. The first-order chi connectivity index (χ1) is 15.8. The van der Waals surface area contributed by atoms with Crippen LogP contribution in [0, 0.1) is 0 Å². The van der Waals surface area contributed by atoms with E-state index in [-0.39, 0.29) is 12.2 Å². The average Bonchev–Trinajstić information content (AvgIpc) is 2.76. The molecule has 5 unspecified atom stereocenters. The zero-order valence-electron chi connectivity index (χ0n) is 18.3. The van der Waals surface area contributed by atoms with Crippen LogP contribution >= 0.6 is 0 Å². The predicted octanol–water partition coefficient (Wildman–Crippen LogP) is -3.95. The van der Waals surface area contributed by atoms with Crippen molar-refractivity contribution in [2.75, 3.05) is 6.61 Å². The Balaban J connectivity index is 3.13. The molecule has 1 aromatic carbocycles. The maximum Gasteiger partial charge on any atom is 0.328 e. The number of aliphatic hydroxyl groups is 2. The minimum absolute atomic E-state index is 0.0417. The van der Waals surface area contributed by atoms with Gasteiger partial charge in [-0.15, -0.1) is 0 Å². The van der Waals surface area contributed by atoms with E-state index in [1.165, 1.54) is 31.2 Å². The van der Waals surface area contributed by atoms with E-state index in [9.17, 15) is 34.2 Å². The summed E-state index contributed by atoms with van der Waals surface area (Å²) in [6.45, 7) is 0.321. The first-order valence-electron chi connectivity index (χ1n) is 10.1. The Morgan fingerprint density at radius 1 is 0.912 bits per heavy atom. The van der Waals surface area contributed by atoms with Gasteiger partial charge in [0, 0.05) is 6.42 Å². The van der Waals surface area contributed by atoms with Gasteiger partial charge in [0.15, 0.2) is 0 Å². The monoisotopic (exact) mass is 483 g/mol. The molecule has 34 heavy (non-hydrogen) atoms. The van der Waals surface area contributed by atoms with E-state index < -0.39 is 72.9 Å². The lowest BCUT2D eigenvalue weighted by atomic mass is 10.0. The number of hydrogen-bond donors (Lipinski definition) is 9. The summed E-state index contributed by atoms with van der Waals surface area (Å²) in [7, 11) is 0. The summed E-state index contributed by atoms with van der Waals surface area (Å²) >= 11 is 0. The number of nitrogens with two attached hydrogens (primary N) is 2. The van der Waals surface area contributed by atoms with Gasteiger partial charge in [-0.05, 0) is 24.6 Å². The summed E-state index contributed by atoms with van der Waals surface area (Å²) in [5.41, 5.74) is 11.2. The fourth-order valence-corrected chi connectivity index (χ4v) is 2.70. The molecular formula is C20H29N5O9. The molecule has 0 spiro atoms. The Morgan fingerprint density at radius 2 is 1.41 bits per heavy atom. The molecule has 0 bridgehead atoms. The Kier molecular flexibility index (Phi) is 10.9. The van der Waals surface area contributed by atoms with Crippen LogP contribution in [0.2, 0.25) is 0 Å². The normalized spacial score (nSPS) is 15.2. The van der Waals surface area contributed by atoms with Crippen molar-refractivity contribution in [3.05, 3.63) is 29.8 Å². The topological polar surface area (TPSA) is 254 Å². The van der Waals surface area contributed by atoms with Crippen molar-refractivity contribution in [3.63, 3.8) is 0 Å². The number of primary amides is 1. The third-order valence-corrected chi connectivity index (χ3v) is 4.67. The number of carboxylic acids is 1. The maximum absolute atomic E-state index is 13.0. The fraction of sp³-hybridized carbons (Fsp3) is 0.450.